The lowest BCUT2D eigenvalue weighted by atomic mass is 10.2. The van der Waals surface area contributed by atoms with Gasteiger partial charge in [-0.15, -0.1) is 0 Å². The zero-order chi connectivity index (χ0) is 14.7. The molecule has 0 atom stereocenters. The summed E-state index contributed by atoms with van der Waals surface area (Å²) in [5, 5.41) is 13.6. The number of nitro benzene ring substituents is 1. The van der Waals surface area contributed by atoms with E-state index in [1.165, 1.54) is 30.5 Å². The molecule has 8 heteroatoms. The van der Waals surface area contributed by atoms with Gasteiger partial charge in [0.25, 0.3) is 11.6 Å². The Hall–Kier alpha value is -1.99. The monoisotopic (exact) mass is 355 g/mol. The number of non-ortho nitro benzene ring substituents is 1. The number of amides is 1. The highest BCUT2D eigenvalue weighted by atomic mass is 79.9. The summed E-state index contributed by atoms with van der Waals surface area (Å²) >= 11 is 8.94. The first kappa shape index (κ1) is 14.4. The van der Waals surface area contributed by atoms with Gasteiger partial charge in [-0.25, -0.2) is 0 Å². The molecule has 0 aliphatic rings. The van der Waals surface area contributed by atoms with Crippen molar-refractivity contribution in [2.45, 2.75) is 0 Å². The minimum absolute atomic E-state index is 0.0734. The third-order valence-corrected chi connectivity index (χ3v) is 3.26. The van der Waals surface area contributed by atoms with Crippen LogP contribution in [-0.2, 0) is 0 Å². The maximum Gasteiger partial charge on any atom is 0.274 e. The third-order valence-electron chi connectivity index (χ3n) is 2.37. The van der Waals surface area contributed by atoms with E-state index < -0.39 is 10.8 Å². The SMILES string of the molecule is O=C(Nc1ccc([N+](=O)[O-])cc1Br)c1cc(Cl)ccn1. The lowest BCUT2D eigenvalue weighted by Gasteiger charge is -2.06. The fourth-order valence-corrected chi connectivity index (χ4v) is 2.06. The van der Waals surface area contributed by atoms with Gasteiger partial charge in [-0.2, -0.15) is 0 Å². The number of anilines is 1. The number of carbonyl (C=O) groups is 1. The Morgan fingerprint density at radius 1 is 1.35 bits per heavy atom. The van der Waals surface area contributed by atoms with Gasteiger partial charge in [-0.1, -0.05) is 11.6 Å². The number of aromatic nitrogens is 1. The summed E-state index contributed by atoms with van der Waals surface area (Å²) in [5.41, 5.74) is 0.487. The van der Waals surface area contributed by atoms with E-state index in [0.717, 1.165) is 0 Å². The van der Waals surface area contributed by atoms with Crippen LogP contribution in [0, 0.1) is 10.1 Å². The number of nitro groups is 1. The van der Waals surface area contributed by atoms with Crippen LogP contribution in [0.25, 0.3) is 0 Å². The second kappa shape index (κ2) is 5.98. The predicted molar refractivity (Wildman–Crippen MR) is 78.0 cm³/mol. The summed E-state index contributed by atoms with van der Waals surface area (Å²) in [5.74, 6) is -0.456. The van der Waals surface area contributed by atoms with Crippen LogP contribution in [0.1, 0.15) is 10.5 Å². The van der Waals surface area contributed by atoms with Gasteiger partial charge in [0.15, 0.2) is 0 Å². The topological polar surface area (TPSA) is 85.1 Å². The van der Waals surface area contributed by atoms with Crippen LogP contribution in [0.3, 0.4) is 0 Å². The molecule has 1 N–H and O–H groups in total. The van der Waals surface area contributed by atoms with Gasteiger partial charge in [0.1, 0.15) is 5.69 Å². The molecular weight excluding hydrogens is 350 g/mol. The van der Waals surface area contributed by atoms with E-state index in [4.69, 9.17) is 11.6 Å². The molecule has 2 rings (SSSR count). The summed E-state index contributed by atoms with van der Waals surface area (Å²) < 4.78 is 0.405. The van der Waals surface area contributed by atoms with E-state index in [0.29, 0.717) is 15.2 Å². The lowest BCUT2D eigenvalue weighted by molar-refractivity contribution is -0.384. The van der Waals surface area contributed by atoms with E-state index in [9.17, 15) is 14.9 Å². The fraction of sp³-hybridized carbons (Fsp3) is 0. The van der Waals surface area contributed by atoms with Gasteiger partial charge < -0.3 is 5.32 Å². The number of hydrogen-bond donors (Lipinski definition) is 1. The molecule has 0 aliphatic carbocycles. The number of carbonyl (C=O) groups excluding carboxylic acids is 1. The van der Waals surface area contributed by atoms with Crippen molar-refractivity contribution in [3.8, 4) is 0 Å². The minimum atomic E-state index is -0.519. The molecule has 20 heavy (non-hydrogen) atoms. The van der Waals surface area contributed by atoms with Crippen molar-refractivity contribution in [3.63, 3.8) is 0 Å². The first-order chi connectivity index (χ1) is 9.47. The van der Waals surface area contributed by atoms with Crippen molar-refractivity contribution in [1.29, 1.82) is 0 Å². The van der Waals surface area contributed by atoms with Gasteiger partial charge >= 0.3 is 0 Å². The number of rotatable bonds is 3. The molecule has 0 aliphatic heterocycles. The molecule has 1 amide bonds. The fourth-order valence-electron chi connectivity index (χ4n) is 1.43. The molecule has 0 radical (unpaired) electrons. The Labute approximate surface area is 127 Å². The Kier molecular flexibility index (Phi) is 4.31. The molecule has 1 aromatic heterocycles. The van der Waals surface area contributed by atoms with Gasteiger partial charge in [0, 0.05) is 27.8 Å². The second-order valence-electron chi connectivity index (χ2n) is 3.73. The maximum atomic E-state index is 12.0. The maximum absolute atomic E-state index is 12.0. The van der Waals surface area contributed by atoms with Gasteiger partial charge in [-0.3, -0.25) is 19.9 Å². The Balaban J connectivity index is 2.22. The first-order valence-corrected chi connectivity index (χ1v) is 6.51. The summed E-state index contributed by atoms with van der Waals surface area (Å²) in [6.07, 6.45) is 1.42. The molecule has 6 nitrogen and oxygen atoms in total. The van der Waals surface area contributed by atoms with E-state index in [-0.39, 0.29) is 11.4 Å². The molecule has 0 unspecified atom stereocenters. The van der Waals surface area contributed by atoms with Crippen LogP contribution in [0.4, 0.5) is 11.4 Å². The van der Waals surface area contributed by atoms with Gasteiger partial charge in [0.05, 0.1) is 10.6 Å². The Morgan fingerprint density at radius 2 is 2.10 bits per heavy atom. The lowest BCUT2D eigenvalue weighted by Crippen LogP contribution is -2.13. The number of nitrogens with one attached hydrogen (secondary N) is 1. The molecular formula is C12H7BrClN3O3. The molecule has 0 saturated heterocycles. The average molecular weight is 357 g/mol. The number of benzene rings is 1. The quantitative estimate of drug-likeness (QED) is 0.672. The third kappa shape index (κ3) is 3.31. The number of hydrogen-bond acceptors (Lipinski definition) is 4. The average Bonchev–Trinajstić information content (AvgIpc) is 2.40. The van der Waals surface area contributed by atoms with Crippen molar-refractivity contribution >= 4 is 44.8 Å². The number of pyridine rings is 1. The molecule has 0 saturated carbocycles. The van der Waals surface area contributed by atoms with Gasteiger partial charge in [-0.05, 0) is 34.1 Å². The highest BCUT2D eigenvalue weighted by Crippen LogP contribution is 2.27. The largest absolute Gasteiger partial charge is 0.320 e. The van der Waals surface area contributed by atoms with Crippen LogP contribution < -0.4 is 5.32 Å². The summed E-state index contributed by atoms with van der Waals surface area (Å²) in [7, 11) is 0. The van der Waals surface area contributed by atoms with Crippen LogP contribution in [0.2, 0.25) is 5.02 Å². The predicted octanol–water partition coefficient (Wildman–Crippen LogP) is 3.66. The number of nitrogens with zero attached hydrogens (tertiary/aromatic N) is 2. The summed E-state index contributed by atoms with van der Waals surface area (Å²) in [4.78, 5) is 25.9. The Bertz CT molecular complexity index is 693. The van der Waals surface area contributed by atoms with Crippen molar-refractivity contribution in [3.05, 3.63) is 61.8 Å². The van der Waals surface area contributed by atoms with Crippen molar-refractivity contribution in [2.24, 2.45) is 0 Å². The highest BCUT2D eigenvalue weighted by molar-refractivity contribution is 9.10. The zero-order valence-electron chi connectivity index (χ0n) is 9.84. The molecule has 2 aromatic rings. The molecule has 0 bridgehead atoms. The van der Waals surface area contributed by atoms with E-state index >= 15 is 0 Å². The van der Waals surface area contributed by atoms with E-state index in [2.05, 4.69) is 26.2 Å². The smallest absolute Gasteiger partial charge is 0.274 e. The second-order valence-corrected chi connectivity index (χ2v) is 5.03. The van der Waals surface area contributed by atoms with Crippen molar-refractivity contribution < 1.29 is 9.72 Å². The first-order valence-electron chi connectivity index (χ1n) is 5.34. The summed E-state index contributed by atoms with van der Waals surface area (Å²) in [6, 6.07) is 7.02. The standard InChI is InChI=1S/C12H7BrClN3O3/c13-9-6-8(17(19)20)1-2-10(9)16-12(18)11-5-7(14)3-4-15-11/h1-6H,(H,16,18). The van der Waals surface area contributed by atoms with E-state index in [1.807, 2.05) is 0 Å². The number of halogens is 2. The summed E-state index contributed by atoms with van der Waals surface area (Å²) in [6.45, 7) is 0. The molecule has 1 heterocycles. The van der Waals surface area contributed by atoms with Crippen LogP contribution >= 0.6 is 27.5 Å². The minimum Gasteiger partial charge on any atom is -0.320 e. The highest BCUT2D eigenvalue weighted by Gasteiger charge is 2.13. The Morgan fingerprint density at radius 3 is 2.70 bits per heavy atom. The normalized spacial score (nSPS) is 10.1. The van der Waals surface area contributed by atoms with Crippen molar-refractivity contribution in [1.82, 2.24) is 4.98 Å². The van der Waals surface area contributed by atoms with Crippen LogP contribution in [0.15, 0.2) is 41.0 Å². The molecule has 102 valence electrons. The molecule has 0 fully saturated rings. The molecule has 1 aromatic carbocycles. The van der Waals surface area contributed by atoms with Crippen LogP contribution in [-0.4, -0.2) is 15.8 Å². The molecule has 0 spiro atoms. The zero-order valence-corrected chi connectivity index (χ0v) is 12.2. The van der Waals surface area contributed by atoms with Crippen LogP contribution in [0.5, 0.6) is 0 Å². The van der Waals surface area contributed by atoms with Crippen molar-refractivity contribution in [2.75, 3.05) is 5.32 Å². The van der Waals surface area contributed by atoms with E-state index in [1.54, 1.807) is 6.07 Å². The van der Waals surface area contributed by atoms with Gasteiger partial charge in [0.2, 0.25) is 0 Å².